The number of carbonyl (C=O) groups is 2. The second-order valence-corrected chi connectivity index (χ2v) is 9.51. The zero-order chi connectivity index (χ0) is 18.6. The van der Waals surface area contributed by atoms with Crippen LogP contribution in [0.15, 0.2) is 12.2 Å². The fraction of sp³-hybridized carbons (Fsp3) is 0.778. The summed E-state index contributed by atoms with van der Waals surface area (Å²) in [5.74, 6) is 0.171. The fourth-order valence-electron chi connectivity index (χ4n) is 4.07. The lowest BCUT2D eigenvalue weighted by atomic mass is 9.80. The van der Waals surface area contributed by atoms with Crippen LogP contribution in [-0.2, 0) is 9.59 Å². The van der Waals surface area contributed by atoms with Crippen molar-refractivity contribution in [1.29, 1.82) is 0 Å². The number of hydrogen-bond acceptors (Lipinski definition) is 2. The Morgan fingerprint density at radius 2 is 2.12 bits per heavy atom. The first kappa shape index (κ1) is 20.9. The summed E-state index contributed by atoms with van der Waals surface area (Å²) in [4.78, 5) is 26.6. The summed E-state index contributed by atoms with van der Waals surface area (Å²) in [5.41, 5.74) is 0. The third-order valence-electron chi connectivity index (χ3n) is 5.06. The third kappa shape index (κ3) is 5.77. The number of rotatable bonds is 5. The van der Waals surface area contributed by atoms with Crippen LogP contribution in [-0.4, -0.2) is 38.6 Å². The van der Waals surface area contributed by atoms with Crippen molar-refractivity contribution in [3.8, 4) is 0 Å². The normalized spacial score (nSPS) is 28.8. The highest BCUT2D eigenvalue weighted by atomic mass is 35.6. The third-order valence-corrected chi connectivity index (χ3v) is 5.57. The van der Waals surface area contributed by atoms with E-state index in [1.807, 2.05) is 19.1 Å². The number of carbonyl (C=O) groups excluding carboxylic acids is 2. The molecule has 1 N–H and O–H groups in total. The number of nitrogens with one attached hydrogen (secondary N) is 1. The highest BCUT2D eigenvalue weighted by molar-refractivity contribution is 6.76. The number of amides is 2. The van der Waals surface area contributed by atoms with Crippen molar-refractivity contribution in [3.63, 3.8) is 0 Å². The monoisotopic (exact) mass is 408 g/mol. The Balaban J connectivity index is 2.13. The summed E-state index contributed by atoms with van der Waals surface area (Å²) < 4.78 is -1.98. The Morgan fingerprint density at radius 1 is 1.40 bits per heavy atom. The van der Waals surface area contributed by atoms with Crippen molar-refractivity contribution >= 4 is 46.6 Å². The first-order valence-electron chi connectivity index (χ1n) is 9.07. The van der Waals surface area contributed by atoms with Gasteiger partial charge >= 0.3 is 0 Å². The molecule has 0 aromatic heterocycles. The van der Waals surface area contributed by atoms with Gasteiger partial charge in [0.1, 0.15) is 0 Å². The van der Waals surface area contributed by atoms with Gasteiger partial charge in [-0.3, -0.25) is 9.59 Å². The smallest absolute Gasteiger partial charge is 0.272 e. The Bertz CT molecular complexity index is 519. The largest absolute Gasteiger partial charge is 0.346 e. The zero-order valence-corrected chi connectivity index (χ0v) is 17.1. The Hall–Kier alpha value is -0.450. The van der Waals surface area contributed by atoms with Gasteiger partial charge in [-0.25, -0.2) is 0 Å². The van der Waals surface area contributed by atoms with Gasteiger partial charge in [0, 0.05) is 24.5 Å². The van der Waals surface area contributed by atoms with E-state index in [2.05, 4.69) is 17.1 Å². The summed E-state index contributed by atoms with van der Waals surface area (Å²) >= 11 is 17.1. The molecule has 0 aromatic rings. The molecule has 7 heteroatoms. The molecule has 0 aromatic carbocycles. The van der Waals surface area contributed by atoms with E-state index in [1.165, 1.54) is 0 Å². The average Bonchev–Trinajstić information content (AvgIpc) is 2.51. The van der Waals surface area contributed by atoms with Crippen molar-refractivity contribution in [1.82, 2.24) is 10.2 Å². The maximum absolute atomic E-state index is 12.5. The van der Waals surface area contributed by atoms with Gasteiger partial charge in [-0.2, -0.15) is 0 Å². The molecule has 0 spiro atoms. The standard InChI is InChI=1S/C18H27Cl3N2O2/c1-3-4-6-13(22-17(25)18(19,20)21)11-15-10-12(2)9-14-7-5-8-16(24)23(14)15/h4,6,12-15H,3,5,7-11H2,1-2H3,(H,22,25)/b6-4+/t12-,13-,14?,15-/m0/s1. The van der Waals surface area contributed by atoms with Gasteiger partial charge in [-0.15, -0.1) is 0 Å². The molecule has 2 saturated heterocycles. The van der Waals surface area contributed by atoms with Crippen LogP contribution in [0.2, 0.25) is 0 Å². The van der Waals surface area contributed by atoms with Crippen molar-refractivity contribution in [2.45, 2.75) is 80.7 Å². The predicted octanol–water partition coefficient (Wildman–Crippen LogP) is 4.38. The minimum Gasteiger partial charge on any atom is -0.346 e. The number of nitrogens with zero attached hydrogens (tertiary/aromatic N) is 1. The average molecular weight is 410 g/mol. The second-order valence-electron chi connectivity index (χ2n) is 7.23. The van der Waals surface area contributed by atoms with Crippen LogP contribution in [0, 0.1) is 5.92 Å². The number of alkyl halides is 3. The fourth-order valence-corrected chi connectivity index (χ4v) is 4.24. The summed E-state index contributed by atoms with van der Waals surface area (Å²) in [6, 6.07) is 0.187. The predicted molar refractivity (Wildman–Crippen MR) is 103 cm³/mol. The van der Waals surface area contributed by atoms with Crippen LogP contribution in [0.5, 0.6) is 0 Å². The van der Waals surface area contributed by atoms with Gasteiger partial charge in [0.05, 0.1) is 0 Å². The van der Waals surface area contributed by atoms with Gasteiger partial charge in [0.15, 0.2) is 0 Å². The number of hydrogen-bond donors (Lipinski definition) is 1. The highest BCUT2D eigenvalue weighted by Crippen LogP contribution is 2.36. The molecule has 0 bridgehead atoms. The summed E-state index contributed by atoms with van der Waals surface area (Å²) in [6.07, 6.45) is 10.1. The minimum absolute atomic E-state index is 0.115. The van der Waals surface area contributed by atoms with E-state index in [0.717, 1.165) is 32.1 Å². The molecule has 2 fully saturated rings. The Labute approximate surface area is 165 Å². The maximum atomic E-state index is 12.5. The van der Waals surface area contributed by atoms with Crippen LogP contribution in [0.25, 0.3) is 0 Å². The number of halogens is 3. The molecule has 25 heavy (non-hydrogen) atoms. The van der Waals surface area contributed by atoms with Crippen molar-refractivity contribution in [3.05, 3.63) is 12.2 Å². The molecule has 2 aliphatic heterocycles. The lowest BCUT2D eigenvalue weighted by Gasteiger charge is -2.48. The SMILES string of the molecule is CC/C=C/[C@@H](C[C@@H]1C[C@@H](C)CC2CCCC(=O)N21)NC(=O)C(Cl)(Cl)Cl. The first-order valence-corrected chi connectivity index (χ1v) is 10.2. The molecule has 142 valence electrons. The van der Waals surface area contributed by atoms with E-state index in [0.29, 0.717) is 24.8 Å². The number of allylic oxidation sites excluding steroid dienone is 1. The summed E-state index contributed by atoms with van der Waals surface area (Å²) in [7, 11) is 0. The molecule has 2 heterocycles. The van der Waals surface area contributed by atoms with Gasteiger partial charge in [-0.05, 0) is 44.4 Å². The van der Waals surface area contributed by atoms with Crippen LogP contribution >= 0.6 is 34.8 Å². The lowest BCUT2D eigenvalue weighted by molar-refractivity contribution is -0.143. The van der Waals surface area contributed by atoms with Crippen LogP contribution in [0.1, 0.15) is 58.8 Å². The van der Waals surface area contributed by atoms with Crippen molar-refractivity contribution in [2.24, 2.45) is 5.92 Å². The molecule has 2 aliphatic rings. The second kappa shape index (κ2) is 8.96. The molecule has 0 radical (unpaired) electrons. The molecule has 4 nitrogen and oxygen atoms in total. The summed E-state index contributed by atoms with van der Waals surface area (Å²) in [5, 5.41) is 2.80. The van der Waals surface area contributed by atoms with Gasteiger partial charge < -0.3 is 10.2 Å². The van der Waals surface area contributed by atoms with Crippen LogP contribution < -0.4 is 5.32 Å². The first-order chi connectivity index (χ1) is 11.7. The maximum Gasteiger partial charge on any atom is 0.272 e. The molecule has 1 unspecified atom stereocenters. The Morgan fingerprint density at radius 3 is 2.76 bits per heavy atom. The molecule has 0 saturated carbocycles. The van der Waals surface area contributed by atoms with Gasteiger partial charge in [0.25, 0.3) is 9.70 Å². The Kier molecular flexibility index (Phi) is 7.48. The number of fused-ring (bicyclic) bond motifs is 1. The van der Waals surface area contributed by atoms with E-state index in [1.54, 1.807) is 0 Å². The molecule has 4 atom stereocenters. The summed E-state index contributed by atoms with van der Waals surface area (Å²) in [6.45, 7) is 4.26. The molecule has 2 rings (SSSR count). The number of piperidine rings is 2. The van der Waals surface area contributed by atoms with Crippen LogP contribution in [0.4, 0.5) is 0 Å². The highest BCUT2D eigenvalue weighted by Gasteiger charge is 2.40. The van der Waals surface area contributed by atoms with E-state index < -0.39 is 9.70 Å². The molecular weight excluding hydrogens is 383 g/mol. The lowest BCUT2D eigenvalue weighted by Crippen LogP contribution is -2.56. The van der Waals surface area contributed by atoms with Gasteiger partial charge in [-0.1, -0.05) is 60.8 Å². The molecule has 2 amide bonds. The van der Waals surface area contributed by atoms with E-state index >= 15 is 0 Å². The van der Waals surface area contributed by atoms with Gasteiger partial charge in [0.2, 0.25) is 5.91 Å². The van der Waals surface area contributed by atoms with Crippen molar-refractivity contribution in [2.75, 3.05) is 0 Å². The quantitative estimate of drug-likeness (QED) is 0.541. The van der Waals surface area contributed by atoms with E-state index in [-0.39, 0.29) is 18.0 Å². The topological polar surface area (TPSA) is 49.4 Å². The van der Waals surface area contributed by atoms with Crippen LogP contribution in [0.3, 0.4) is 0 Å². The zero-order valence-electron chi connectivity index (χ0n) is 14.8. The van der Waals surface area contributed by atoms with Crippen molar-refractivity contribution < 1.29 is 9.59 Å². The minimum atomic E-state index is -1.98. The van der Waals surface area contributed by atoms with E-state index in [9.17, 15) is 9.59 Å². The van der Waals surface area contributed by atoms with E-state index in [4.69, 9.17) is 34.8 Å². The molecule has 0 aliphatic carbocycles. The molecular formula is C18H27Cl3N2O2.